The van der Waals surface area contributed by atoms with Crippen LogP contribution < -0.4 is 5.32 Å². The zero-order chi connectivity index (χ0) is 13.9. The Labute approximate surface area is 123 Å². The van der Waals surface area contributed by atoms with Crippen LogP contribution in [0.4, 0.5) is 10.5 Å². The molecular weight excluding hydrogens is 268 g/mol. The summed E-state index contributed by atoms with van der Waals surface area (Å²) in [6, 6.07) is 12.3. The third-order valence-electron chi connectivity index (χ3n) is 3.77. The number of benzene rings is 1. The van der Waals surface area contributed by atoms with Gasteiger partial charge in [-0.1, -0.05) is 24.3 Å². The molecule has 0 aliphatic carbocycles. The second-order valence-electron chi connectivity index (χ2n) is 5.11. The minimum atomic E-state index is 0.00944. The van der Waals surface area contributed by atoms with Crippen LogP contribution in [0.25, 0.3) is 0 Å². The van der Waals surface area contributed by atoms with Gasteiger partial charge in [0.15, 0.2) is 0 Å². The van der Waals surface area contributed by atoms with Crippen molar-refractivity contribution in [2.45, 2.75) is 25.8 Å². The Bertz CT molecular complexity index is 594. The van der Waals surface area contributed by atoms with E-state index in [1.165, 1.54) is 4.88 Å². The van der Waals surface area contributed by atoms with Gasteiger partial charge >= 0.3 is 6.03 Å². The maximum absolute atomic E-state index is 12.5. The molecule has 20 heavy (non-hydrogen) atoms. The van der Waals surface area contributed by atoms with Crippen molar-refractivity contribution in [3.05, 3.63) is 52.2 Å². The van der Waals surface area contributed by atoms with Crippen LogP contribution >= 0.6 is 11.3 Å². The summed E-state index contributed by atoms with van der Waals surface area (Å²) in [6.45, 7) is 2.84. The molecule has 0 saturated carbocycles. The molecule has 4 heteroatoms. The van der Waals surface area contributed by atoms with E-state index in [4.69, 9.17) is 0 Å². The summed E-state index contributed by atoms with van der Waals surface area (Å²) >= 11 is 1.73. The number of hydrogen-bond acceptors (Lipinski definition) is 2. The van der Waals surface area contributed by atoms with Crippen molar-refractivity contribution in [2.75, 3.05) is 11.9 Å². The van der Waals surface area contributed by atoms with Gasteiger partial charge in [0, 0.05) is 17.1 Å². The van der Waals surface area contributed by atoms with Crippen molar-refractivity contribution in [2.24, 2.45) is 0 Å². The summed E-state index contributed by atoms with van der Waals surface area (Å²) in [5.74, 6) is 0. The van der Waals surface area contributed by atoms with Gasteiger partial charge in [-0.15, -0.1) is 11.3 Å². The lowest BCUT2D eigenvalue weighted by molar-refractivity contribution is 0.208. The number of nitrogens with one attached hydrogen (secondary N) is 1. The number of thiophene rings is 1. The highest BCUT2D eigenvalue weighted by atomic mass is 32.1. The lowest BCUT2D eigenvalue weighted by Crippen LogP contribution is -2.34. The summed E-state index contributed by atoms with van der Waals surface area (Å²) in [5, 5.41) is 5.11. The lowest BCUT2D eigenvalue weighted by Gasteiger charge is -2.24. The van der Waals surface area contributed by atoms with E-state index in [0.717, 1.165) is 30.6 Å². The number of aryl methyl sites for hydroxylation is 1. The molecule has 1 atom stereocenters. The number of amides is 2. The Hall–Kier alpha value is -1.81. The zero-order valence-electron chi connectivity index (χ0n) is 11.5. The van der Waals surface area contributed by atoms with Gasteiger partial charge < -0.3 is 10.2 Å². The Balaban J connectivity index is 1.75. The molecule has 1 fully saturated rings. The van der Waals surface area contributed by atoms with Crippen LogP contribution in [0.15, 0.2) is 41.8 Å². The molecule has 0 bridgehead atoms. The summed E-state index contributed by atoms with van der Waals surface area (Å²) in [4.78, 5) is 15.7. The van der Waals surface area contributed by atoms with E-state index in [1.54, 1.807) is 11.3 Å². The molecule has 3 rings (SSSR count). The van der Waals surface area contributed by atoms with E-state index >= 15 is 0 Å². The van der Waals surface area contributed by atoms with Gasteiger partial charge in [-0.3, -0.25) is 0 Å². The Morgan fingerprint density at radius 2 is 2.15 bits per heavy atom. The summed E-state index contributed by atoms with van der Waals surface area (Å²) in [7, 11) is 0. The number of urea groups is 1. The van der Waals surface area contributed by atoms with Gasteiger partial charge in [-0.25, -0.2) is 4.79 Å². The summed E-state index contributed by atoms with van der Waals surface area (Å²) < 4.78 is 0. The number of carbonyl (C=O) groups excluding carboxylic acids is 1. The topological polar surface area (TPSA) is 32.3 Å². The van der Waals surface area contributed by atoms with Gasteiger partial charge in [0.25, 0.3) is 0 Å². The minimum Gasteiger partial charge on any atom is -0.317 e. The monoisotopic (exact) mass is 286 g/mol. The van der Waals surface area contributed by atoms with E-state index < -0.39 is 0 Å². The van der Waals surface area contributed by atoms with Crippen LogP contribution in [0.2, 0.25) is 0 Å². The third-order valence-corrected chi connectivity index (χ3v) is 4.75. The first-order chi connectivity index (χ1) is 9.75. The molecule has 104 valence electrons. The Morgan fingerprint density at radius 1 is 1.30 bits per heavy atom. The maximum Gasteiger partial charge on any atom is 0.322 e. The minimum absolute atomic E-state index is 0.00944. The summed E-state index contributed by atoms with van der Waals surface area (Å²) in [6.07, 6.45) is 2.13. The molecule has 1 aliphatic heterocycles. The van der Waals surface area contributed by atoms with Crippen LogP contribution in [-0.2, 0) is 0 Å². The fourth-order valence-corrected chi connectivity index (χ4v) is 3.56. The maximum atomic E-state index is 12.5. The highest BCUT2D eigenvalue weighted by Gasteiger charge is 2.30. The van der Waals surface area contributed by atoms with Crippen molar-refractivity contribution in [1.82, 2.24) is 4.90 Å². The number of likely N-dealkylation sites (tertiary alicyclic amines) is 1. The van der Waals surface area contributed by atoms with E-state index in [1.807, 2.05) is 36.1 Å². The molecule has 1 aromatic heterocycles. The van der Waals surface area contributed by atoms with E-state index in [9.17, 15) is 4.79 Å². The molecule has 2 aromatic rings. The van der Waals surface area contributed by atoms with Crippen molar-refractivity contribution in [3.8, 4) is 0 Å². The van der Waals surface area contributed by atoms with Crippen LogP contribution in [0.3, 0.4) is 0 Å². The second kappa shape index (κ2) is 5.67. The molecule has 2 heterocycles. The predicted molar refractivity (Wildman–Crippen MR) is 83.2 cm³/mol. The van der Waals surface area contributed by atoms with Crippen LogP contribution in [-0.4, -0.2) is 17.5 Å². The molecule has 0 spiro atoms. The molecule has 2 amide bonds. The first-order valence-corrected chi connectivity index (χ1v) is 7.80. The quantitative estimate of drug-likeness (QED) is 0.870. The van der Waals surface area contributed by atoms with Crippen LogP contribution in [0.1, 0.15) is 29.3 Å². The van der Waals surface area contributed by atoms with Gasteiger partial charge in [-0.05, 0) is 42.8 Å². The Kier molecular flexibility index (Phi) is 3.74. The predicted octanol–water partition coefficient (Wildman–Crippen LogP) is 4.43. The molecule has 1 aliphatic rings. The highest BCUT2D eigenvalue weighted by molar-refractivity contribution is 7.10. The molecule has 1 saturated heterocycles. The van der Waals surface area contributed by atoms with Gasteiger partial charge in [-0.2, -0.15) is 0 Å². The van der Waals surface area contributed by atoms with Crippen molar-refractivity contribution < 1.29 is 4.79 Å². The number of nitrogens with zero attached hydrogens (tertiary/aromatic N) is 1. The number of hydrogen-bond donors (Lipinski definition) is 1. The zero-order valence-corrected chi connectivity index (χ0v) is 12.3. The smallest absolute Gasteiger partial charge is 0.317 e. The molecule has 1 unspecified atom stereocenters. The summed E-state index contributed by atoms with van der Waals surface area (Å²) in [5.41, 5.74) is 1.99. The number of para-hydroxylation sites is 1. The normalized spacial score (nSPS) is 18.2. The fraction of sp³-hybridized carbons (Fsp3) is 0.312. The Morgan fingerprint density at radius 3 is 2.90 bits per heavy atom. The first kappa shape index (κ1) is 13.2. The van der Waals surface area contributed by atoms with E-state index in [0.29, 0.717) is 0 Å². The largest absolute Gasteiger partial charge is 0.322 e. The molecule has 0 radical (unpaired) electrons. The van der Waals surface area contributed by atoms with Crippen molar-refractivity contribution in [3.63, 3.8) is 0 Å². The van der Waals surface area contributed by atoms with Gasteiger partial charge in [0.05, 0.1) is 6.04 Å². The number of carbonyl (C=O) groups is 1. The van der Waals surface area contributed by atoms with E-state index in [-0.39, 0.29) is 12.1 Å². The first-order valence-electron chi connectivity index (χ1n) is 6.92. The number of anilines is 1. The molecule has 1 aromatic carbocycles. The van der Waals surface area contributed by atoms with Crippen molar-refractivity contribution in [1.29, 1.82) is 0 Å². The lowest BCUT2D eigenvalue weighted by atomic mass is 10.2. The fourth-order valence-electron chi connectivity index (χ4n) is 2.69. The molecule has 1 N–H and O–H groups in total. The van der Waals surface area contributed by atoms with Crippen LogP contribution in [0, 0.1) is 6.92 Å². The standard InChI is InChI=1S/C16H18N2OS/c1-12-6-2-3-7-13(12)17-16(19)18-10-4-8-14(18)15-9-5-11-20-15/h2-3,5-7,9,11,14H,4,8,10H2,1H3,(H,17,19). The average molecular weight is 286 g/mol. The average Bonchev–Trinajstić information content (AvgIpc) is 3.11. The number of rotatable bonds is 2. The molecule has 3 nitrogen and oxygen atoms in total. The van der Waals surface area contributed by atoms with E-state index in [2.05, 4.69) is 22.8 Å². The van der Waals surface area contributed by atoms with Crippen LogP contribution in [0.5, 0.6) is 0 Å². The third kappa shape index (κ3) is 2.56. The van der Waals surface area contributed by atoms with Gasteiger partial charge in [0.2, 0.25) is 0 Å². The van der Waals surface area contributed by atoms with Crippen molar-refractivity contribution >= 4 is 23.1 Å². The van der Waals surface area contributed by atoms with Gasteiger partial charge in [0.1, 0.15) is 0 Å². The SMILES string of the molecule is Cc1ccccc1NC(=O)N1CCCC1c1cccs1. The highest BCUT2D eigenvalue weighted by Crippen LogP contribution is 2.34. The molecular formula is C16H18N2OS. The second-order valence-corrected chi connectivity index (χ2v) is 6.09.